The number of carbonyl (C=O) groups is 1. The Bertz CT molecular complexity index is 2230. The Hall–Kier alpha value is -4.38. The zero-order valence-corrected chi connectivity index (χ0v) is 38.1. The van der Waals surface area contributed by atoms with Gasteiger partial charge in [-0.1, -0.05) is 71.7 Å². The van der Waals surface area contributed by atoms with Crippen LogP contribution in [0.5, 0.6) is 6.01 Å². The number of fused-ring (bicyclic) bond motifs is 2. The number of ether oxygens (including phenoxy) is 3. The maximum Gasteiger partial charge on any atom is 0.410 e. The number of hydrogen-bond acceptors (Lipinski definition) is 9. The molecule has 1 amide bonds. The van der Waals surface area contributed by atoms with Crippen LogP contribution in [0.15, 0.2) is 36.5 Å². The van der Waals surface area contributed by atoms with E-state index >= 15 is 8.78 Å². The number of anilines is 1. The zero-order chi connectivity index (χ0) is 43.1. The van der Waals surface area contributed by atoms with Crippen molar-refractivity contribution in [1.29, 1.82) is 0 Å². The van der Waals surface area contributed by atoms with Crippen LogP contribution in [0, 0.1) is 23.1 Å². The minimum absolute atomic E-state index is 0.0205. The molecule has 0 bridgehead atoms. The van der Waals surface area contributed by atoms with Crippen LogP contribution in [0.1, 0.15) is 87.6 Å². The van der Waals surface area contributed by atoms with E-state index < -0.39 is 25.3 Å². The molecule has 0 saturated carbocycles. The Balaban J connectivity index is 1.49. The molecule has 318 valence electrons. The summed E-state index contributed by atoms with van der Waals surface area (Å²) in [5.41, 5.74) is 4.79. The van der Waals surface area contributed by atoms with E-state index in [2.05, 4.69) is 57.9 Å². The number of methoxy groups -OCH3 is 1. The van der Waals surface area contributed by atoms with Crippen molar-refractivity contribution in [2.75, 3.05) is 45.8 Å². The van der Waals surface area contributed by atoms with E-state index in [1.54, 1.807) is 30.3 Å². The lowest BCUT2D eigenvalue weighted by Crippen LogP contribution is -2.45. The topological polar surface area (TPSA) is 93.2 Å². The van der Waals surface area contributed by atoms with Crippen LogP contribution in [0.2, 0.25) is 16.6 Å². The maximum absolute atomic E-state index is 17.5. The molecule has 4 atom stereocenters. The molecule has 0 aliphatic carbocycles. The molecular weight excluding hydrogens is 767 g/mol. The van der Waals surface area contributed by atoms with E-state index in [-0.39, 0.29) is 59.7 Å². The number of likely N-dealkylation sites (N-methyl/N-ethyl adjacent to an activating group) is 2. The van der Waals surface area contributed by atoms with Crippen LogP contribution in [-0.4, -0.2) is 110 Å². The SMILES string of the molecule is CO[C@@H]1C[C@@H](COc2nc(N(C)[C@@H]3CCN(C(=O)OC(C)(C)C)[C@@H]3C)c3cnc(-c4cccc5ccc(F)c(C#C[Si](C(C)C)(C(C)C)C(C)C)c45)c(F)c3n2)N(C)C1. The average Bonchev–Trinajstić information content (AvgIpc) is 3.74. The van der Waals surface area contributed by atoms with Crippen LogP contribution in [0.4, 0.5) is 19.4 Å². The number of nitrogens with zero attached hydrogens (tertiary/aromatic N) is 6. The normalized spacial score (nSPS) is 20.3. The first-order valence-corrected chi connectivity index (χ1v) is 23.2. The fourth-order valence-electron chi connectivity index (χ4n) is 9.56. The van der Waals surface area contributed by atoms with Crippen LogP contribution in [0.3, 0.4) is 0 Å². The Morgan fingerprint density at radius 1 is 1.05 bits per heavy atom. The molecule has 2 aliphatic rings. The minimum Gasteiger partial charge on any atom is -0.462 e. The first-order valence-electron chi connectivity index (χ1n) is 21.0. The average molecular weight is 829 g/mol. The predicted octanol–water partition coefficient (Wildman–Crippen LogP) is 9.62. The van der Waals surface area contributed by atoms with Gasteiger partial charge in [-0.05, 0) is 75.7 Å². The van der Waals surface area contributed by atoms with Crippen LogP contribution >= 0.6 is 0 Å². The summed E-state index contributed by atoms with van der Waals surface area (Å²) < 4.78 is 51.2. The van der Waals surface area contributed by atoms with Gasteiger partial charge in [0.1, 0.15) is 43.1 Å². The van der Waals surface area contributed by atoms with Gasteiger partial charge in [0, 0.05) is 50.4 Å². The Morgan fingerprint density at radius 2 is 1.75 bits per heavy atom. The fraction of sp³-hybridized carbons (Fsp3) is 0.565. The first-order chi connectivity index (χ1) is 27.8. The summed E-state index contributed by atoms with van der Waals surface area (Å²) in [5, 5.41) is 1.62. The maximum atomic E-state index is 17.5. The molecule has 4 heterocycles. The summed E-state index contributed by atoms with van der Waals surface area (Å²) in [6.45, 7) is 22.4. The second kappa shape index (κ2) is 17.3. The van der Waals surface area contributed by atoms with Crippen molar-refractivity contribution in [3.8, 4) is 28.7 Å². The molecule has 13 heteroatoms. The number of benzene rings is 2. The lowest BCUT2D eigenvalue weighted by molar-refractivity contribution is 0.0233. The number of carbonyl (C=O) groups excluding carboxylic acids is 1. The monoisotopic (exact) mass is 828 g/mol. The van der Waals surface area contributed by atoms with Crippen molar-refractivity contribution in [1.82, 2.24) is 24.8 Å². The molecule has 0 spiro atoms. The molecule has 2 aromatic carbocycles. The quantitative estimate of drug-likeness (QED) is 0.115. The number of aromatic nitrogens is 3. The summed E-state index contributed by atoms with van der Waals surface area (Å²) in [6.07, 6.45) is 2.69. The Labute approximate surface area is 350 Å². The predicted molar refractivity (Wildman–Crippen MR) is 235 cm³/mol. The second-order valence-corrected chi connectivity index (χ2v) is 23.9. The van der Waals surface area contributed by atoms with Crippen molar-refractivity contribution in [2.24, 2.45) is 0 Å². The molecule has 4 aromatic rings. The van der Waals surface area contributed by atoms with Gasteiger partial charge in [0.15, 0.2) is 5.82 Å². The van der Waals surface area contributed by atoms with Crippen molar-refractivity contribution in [2.45, 2.75) is 129 Å². The molecule has 0 radical (unpaired) electrons. The highest BCUT2D eigenvalue weighted by Crippen LogP contribution is 2.42. The van der Waals surface area contributed by atoms with Gasteiger partial charge in [0.2, 0.25) is 0 Å². The highest BCUT2D eigenvalue weighted by molar-refractivity contribution is 6.90. The summed E-state index contributed by atoms with van der Waals surface area (Å²) in [4.78, 5) is 33.4. The van der Waals surface area contributed by atoms with Gasteiger partial charge in [-0.25, -0.2) is 13.6 Å². The van der Waals surface area contributed by atoms with Crippen LogP contribution in [0.25, 0.3) is 32.9 Å². The largest absolute Gasteiger partial charge is 0.462 e. The number of halogens is 2. The lowest BCUT2D eigenvalue weighted by Gasteiger charge is -2.38. The fourth-order valence-corrected chi connectivity index (χ4v) is 14.8. The van der Waals surface area contributed by atoms with E-state index in [1.807, 2.05) is 58.8 Å². The molecule has 0 unspecified atom stereocenters. The Morgan fingerprint density at radius 3 is 2.37 bits per heavy atom. The van der Waals surface area contributed by atoms with E-state index in [9.17, 15) is 4.79 Å². The number of amides is 1. The number of pyridine rings is 1. The molecule has 10 nitrogen and oxygen atoms in total. The molecule has 6 rings (SSSR count). The van der Waals surface area contributed by atoms with Gasteiger partial charge in [0.05, 0.1) is 29.1 Å². The number of rotatable bonds is 10. The molecule has 2 aliphatic heterocycles. The minimum atomic E-state index is -2.25. The lowest BCUT2D eigenvalue weighted by atomic mass is 9.96. The summed E-state index contributed by atoms with van der Waals surface area (Å²) >= 11 is 0. The smallest absolute Gasteiger partial charge is 0.410 e. The third-order valence-corrected chi connectivity index (χ3v) is 19.0. The van der Waals surface area contributed by atoms with Crippen molar-refractivity contribution in [3.05, 3.63) is 53.7 Å². The van der Waals surface area contributed by atoms with Crippen LogP contribution < -0.4 is 9.64 Å². The number of likely N-dealkylation sites (tertiary alicyclic amines) is 2. The molecule has 0 N–H and O–H groups in total. The third kappa shape index (κ3) is 8.64. The molecule has 2 aromatic heterocycles. The van der Waals surface area contributed by atoms with Gasteiger partial charge in [-0.15, -0.1) is 5.54 Å². The van der Waals surface area contributed by atoms with E-state index in [0.717, 1.165) is 18.4 Å². The molecule has 2 fully saturated rings. The van der Waals surface area contributed by atoms with Gasteiger partial charge >= 0.3 is 12.1 Å². The van der Waals surface area contributed by atoms with E-state index in [0.29, 0.717) is 51.7 Å². The Kier molecular flexibility index (Phi) is 13.0. The summed E-state index contributed by atoms with van der Waals surface area (Å²) in [5.74, 6) is 2.63. The van der Waals surface area contributed by atoms with Crippen molar-refractivity contribution < 1.29 is 27.8 Å². The second-order valence-electron chi connectivity index (χ2n) is 18.4. The first kappa shape index (κ1) is 44.2. The van der Waals surface area contributed by atoms with Crippen LogP contribution in [-0.2, 0) is 9.47 Å². The van der Waals surface area contributed by atoms with Crippen molar-refractivity contribution >= 4 is 41.7 Å². The molecule has 2 saturated heterocycles. The zero-order valence-electron chi connectivity index (χ0n) is 37.1. The van der Waals surface area contributed by atoms with Gasteiger partial charge in [0.25, 0.3) is 0 Å². The molecule has 59 heavy (non-hydrogen) atoms. The highest BCUT2D eigenvalue weighted by atomic mass is 28.3. The summed E-state index contributed by atoms with van der Waals surface area (Å²) in [7, 11) is 3.37. The van der Waals surface area contributed by atoms with Crippen molar-refractivity contribution in [3.63, 3.8) is 0 Å². The molecular formula is C46H62F2N6O4Si. The third-order valence-electron chi connectivity index (χ3n) is 12.7. The van der Waals surface area contributed by atoms with Gasteiger partial charge in [-0.2, -0.15) is 9.97 Å². The van der Waals surface area contributed by atoms with E-state index in [1.165, 1.54) is 6.07 Å². The summed E-state index contributed by atoms with van der Waals surface area (Å²) in [6, 6.07) is 8.26. The number of hydrogen-bond donors (Lipinski definition) is 0. The van der Waals surface area contributed by atoms with Gasteiger partial charge in [-0.3, -0.25) is 9.88 Å². The van der Waals surface area contributed by atoms with E-state index in [4.69, 9.17) is 29.2 Å². The standard InChI is InChI=1S/C46H62F2N6O4Si/c1-27(2)59(28(3)4,29(5)6)22-20-34-37(47)18-17-31-15-14-16-35(39(31)34)41-40(48)42-36(24-49-41)43(51-44(50-42)57-26-32-23-33(56-13)25-52(32)11)53(12)38-19-21-54(30(38)7)45(55)58-46(8,9)10/h14-18,24,27-30,32-33,38H,19,21,23,25-26H2,1-13H3/t30-,32+,33-,38-/m1/s1. The van der Waals surface area contributed by atoms with Gasteiger partial charge < -0.3 is 24.0 Å². The highest BCUT2D eigenvalue weighted by Gasteiger charge is 2.42.